The van der Waals surface area contributed by atoms with Gasteiger partial charge in [-0.25, -0.2) is 4.79 Å². The lowest BCUT2D eigenvalue weighted by Gasteiger charge is -2.06. The number of hydrogen-bond donors (Lipinski definition) is 2. The molecule has 5 nitrogen and oxygen atoms in total. The molecule has 0 aliphatic rings. The van der Waals surface area contributed by atoms with Gasteiger partial charge in [0.2, 0.25) is 0 Å². The minimum Gasteiger partial charge on any atom is -0.477 e. The standard InChI is InChI=1S/C14H11NO4/c1-8-10(7-11(14(18)19)13(17)15-8)12(16)9-5-3-2-4-6-9/h2-7H,1H3,(H,15,17)(H,18,19). The van der Waals surface area contributed by atoms with Crippen LogP contribution in [0.2, 0.25) is 0 Å². The molecular formula is C14H11NO4. The lowest BCUT2D eigenvalue weighted by Crippen LogP contribution is -2.21. The van der Waals surface area contributed by atoms with E-state index in [0.717, 1.165) is 6.07 Å². The number of aromatic nitrogens is 1. The minimum atomic E-state index is -1.36. The summed E-state index contributed by atoms with van der Waals surface area (Å²) in [4.78, 5) is 37.0. The molecule has 0 bridgehead atoms. The lowest BCUT2D eigenvalue weighted by atomic mass is 10.0. The maximum Gasteiger partial charge on any atom is 0.341 e. The number of ketones is 1. The normalized spacial score (nSPS) is 10.2. The molecule has 0 spiro atoms. The van der Waals surface area contributed by atoms with Crippen molar-refractivity contribution < 1.29 is 14.7 Å². The fourth-order valence-electron chi connectivity index (χ4n) is 1.76. The first-order chi connectivity index (χ1) is 9.00. The highest BCUT2D eigenvalue weighted by molar-refractivity contribution is 6.10. The number of H-pyrrole nitrogens is 1. The largest absolute Gasteiger partial charge is 0.477 e. The second kappa shape index (κ2) is 4.89. The Kier molecular flexibility index (Phi) is 3.29. The summed E-state index contributed by atoms with van der Waals surface area (Å²) in [5, 5.41) is 8.90. The lowest BCUT2D eigenvalue weighted by molar-refractivity contribution is 0.0695. The topological polar surface area (TPSA) is 87.2 Å². The van der Waals surface area contributed by atoms with Gasteiger partial charge in [-0.15, -0.1) is 0 Å². The van der Waals surface area contributed by atoms with Crippen molar-refractivity contribution in [2.45, 2.75) is 6.92 Å². The van der Waals surface area contributed by atoms with Gasteiger partial charge in [0.1, 0.15) is 5.56 Å². The quantitative estimate of drug-likeness (QED) is 0.818. The van der Waals surface area contributed by atoms with Crippen molar-refractivity contribution in [3.8, 4) is 0 Å². The predicted molar refractivity (Wildman–Crippen MR) is 68.6 cm³/mol. The van der Waals surface area contributed by atoms with Crippen LogP contribution in [0.4, 0.5) is 0 Å². The van der Waals surface area contributed by atoms with Gasteiger partial charge in [0.05, 0.1) is 0 Å². The number of rotatable bonds is 3. The fourth-order valence-corrected chi connectivity index (χ4v) is 1.76. The van der Waals surface area contributed by atoms with Crippen molar-refractivity contribution >= 4 is 11.8 Å². The summed E-state index contributed by atoms with van der Waals surface area (Å²) in [7, 11) is 0. The summed E-state index contributed by atoms with van der Waals surface area (Å²) in [6.45, 7) is 1.56. The number of carboxylic acids is 1. The number of hydrogen-bond acceptors (Lipinski definition) is 3. The number of aryl methyl sites for hydroxylation is 1. The number of carboxylic acid groups (broad SMARTS) is 1. The average molecular weight is 257 g/mol. The molecule has 0 atom stereocenters. The van der Waals surface area contributed by atoms with E-state index >= 15 is 0 Å². The number of benzene rings is 1. The number of carbonyl (C=O) groups is 2. The molecule has 0 amide bonds. The van der Waals surface area contributed by atoms with Crippen molar-refractivity contribution in [3.05, 3.63) is 69.1 Å². The number of carbonyl (C=O) groups excluding carboxylic acids is 1. The second-order valence-electron chi connectivity index (χ2n) is 4.05. The van der Waals surface area contributed by atoms with Gasteiger partial charge in [0.15, 0.2) is 5.78 Å². The van der Waals surface area contributed by atoms with Crippen molar-refractivity contribution in [3.63, 3.8) is 0 Å². The van der Waals surface area contributed by atoms with Crippen LogP contribution < -0.4 is 5.56 Å². The predicted octanol–water partition coefficient (Wildman–Crippen LogP) is 1.61. The van der Waals surface area contributed by atoms with E-state index in [-0.39, 0.29) is 11.3 Å². The van der Waals surface area contributed by atoms with Gasteiger partial charge in [-0.3, -0.25) is 9.59 Å². The number of aromatic carboxylic acids is 1. The highest BCUT2D eigenvalue weighted by Crippen LogP contribution is 2.12. The van der Waals surface area contributed by atoms with E-state index in [4.69, 9.17) is 5.11 Å². The molecule has 0 radical (unpaired) electrons. The molecular weight excluding hydrogens is 246 g/mol. The molecule has 0 aliphatic heterocycles. The Morgan fingerprint density at radius 3 is 2.32 bits per heavy atom. The van der Waals surface area contributed by atoms with Crippen molar-refractivity contribution in [1.82, 2.24) is 4.98 Å². The van der Waals surface area contributed by atoms with Crippen LogP contribution in [0.25, 0.3) is 0 Å². The molecule has 19 heavy (non-hydrogen) atoms. The Labute approximate surface area is 108 Å². The Balaban J connectivity index is 2.57. The fraction of sp³-hybridized carbons (Fsp3) is 0.0714. The molecule has 0 aliphatic carbocycles. The molecule has 1 heterocycles. The van der Waals surface area contributed by atoms with E-state index < -0.39 is 17.1 Å². The van der Waals surface area contributed by atoms with E-state index in [2.05, 4.69) is 4.98 Å². The number of pyridine rings is 1. The third kappa shape index (κ3) is 2.44. The molecule has 5 heteroatoms. The number of aromatic amines is 1. The smallest absolute Gasteiger partial charge is 0.341 e. The van der Waals surface area contributed by atoms with Crippen LogP contribution in [0.3, 0.4) is 0 Å². The second-order valence-corrected chi connectivity index (χ2v) is 4.05. The minimum absolute atomic E-state index is 0.184. The van der Waals surface area contributed by atoms with Crippen LogP contribution in [0.15, 0.2) is 41.2 Å². The Morgan fingerprint density at radius 2 is 1.74 bits per heavy atom. The van der Waals surface area contributed by atoms with Crippen molar-refractivity contribution in [1.29, 1.82) is 0 Å². The SMILES string of the molecule is Cc1[nH]c(=O)c(C(=O)O)cc1C(=O)c1ccccc1. The Morgan fingerprint density at radius 1 is 1.11 bits per heavy atom. The highest BCUT2D eigenvalue weighted by Gasteiger charge is 2.17. The molecule has 2 N–H and O–H groups in total. The monoisotopic (exact) mass is 257 g/mol. The molecule has 0 unspecified atom stereocenters. The van der Waals surface area contributed by atoms with Crippen molar-refractivity contribution in [2.24, 2.45) is 0 Å². The maximum absolute atomic E-state index is 12.2. The Hall–Kier alpha value is -2.69. The molecule has 1 aromatic carbocycles. The molecule has 2 rings (SSSR count). The third-order valence-corrected chi connectivity index (χ3v) is 2.75. The molecule has 0 fully saturated rings. The molecule has 0 saturated heterocycles. The third-order valence-electron chi connectivity index (χ3n) is 2.75. The average Bonchev–Trinajstić information content (AvgIpc) is 2.38. The molecule has 1 aromatic heterocycles. The van der Waals surface area contributed by atoms with E-state index in [1.54, 1.807) is 37.3 Å². The van der Waals surface area contributed by atoms with Gasteiger partial charge in [0, 0.05) is 16.8 Å². The summed E-state index contributed by atoms with van der Waals surface area (Å²) in [5.74, 6) is -1.68. The van der Waals surface area contributed by atoms with Crippen LogP contribution in [0, 0.1) is 6.92 Å². The van der Waals surface area contributed by atoms with Gasteiger partial charge in [0.25, 0.3) is 5.56 Å². The zero-order chi connectivity index (χ0) is 14.0. The Bertz CT molecular complexity index is 701. The summed E-state index contributed by atoms with van der Waals surface area (Å²) >= 11 is 0. The van der Waals surface area contributed by atoms with Crippen LogP contribution in [0.1, 0.15) is 32.0 Å². The van der Waals surface area contributed by atoms with E-state index in [1.807, 2.05) is 0 Å². The first-order valence-corrected chi connectivity index (χ1v) is 5.57. The van der Waals surface area contributed by atoms with Gasteiger partial charge >= 0.3 is 5.97 Å². The first-order valence-electron chi connectivity index (χ1n) is 5.57. The van der Waals surface area contributed by atoms with Crippen molar-refractivity contribution in [2.75, 3.05) is 0 Å². The van der Waals surface area contributed by atoms with E-state index in [0.29, 0.717) is 11.3 Å². The van der Waals surface area contributed by atoms with Gasteiger partial charge in [-0.1, -0.05) is 30.3 Å². The van der Waals surface area contributed by atoms with Gasteiger partial charge < -0.3 is 10.1 Å². The van der Waals surface area contributed by atoms with E-state index in [1.165, 1.54) is 0 Å². The molecule has 96 valence electrons. The molecule has 2 aromatic rings. The summed E-state index contributed by atoms with van der Waals surface area (Å²) in [6.07, 6.45) is 0. The summed E-state index contributed by atoms with van der Waals surface area (Å²) in [6, 6.07) is 9.59. The van der Waals surface area contributed by atoms with Crippen LogP contribution in [-0.4, -0.2) is 21.8 Å². The first kappa shape index (κ1) is 12.8. The van der Waals surface area contributed by atoms with Crippen LogP contribution in [0.5, 0.6) is 0 Å². The summed E-state index contributed by atoms with van der Waals surface area (Å²) < 4.78 is 0. The van der Waals surface area contributed by atoms with Gasteiger partial charge in [-0.05, 0) is 13.0 Å². The maximum atomic E-state index is 12.2. The molecule has 0 saturated carbocycles. The summed E-state index contributed by atoms with van der Waals surface area (Å²) in [5.41, 5.74) is -0.180. The van der Waals surface area contributed by atoms with Gasteiger partial charge in [-0.2, -0.15) is 0 Å². The van der Waals surface area contributed by atoms with E-state index in [9.17, 15) is 14.4 Å². The van der Waals surface area contributed by atoms with Crippen LogP contribution >= 0.6 is 0 Å². The number of nitrogens with one attached hydrogen (secondary N) is 1. The zero-order valence-corrected chi connectivity index (χ0v) is 10.1. The zero-order valence-electron chi connectivity index (χ0n) is 10.1. The van der Waals surface area contributed by atoms with Crippen LogP contribution in [-0.2, 0) is 0 Å². The highest BCUT2D eigenvalue weighted by atomic mass is 16.4.